The molecule has 19 heavy (non-hydrogen) atoms. The number of carboxylic acids is 1. The lowest BCUT2D eigenvalue weighted by Gasteiger charge is -2.05. The maximum Gasteiger partial charge on any atom is 0.303 e. The molecule has 0 aliphatic rings. The second-order valence-electron chi connectivity index (χ2n) is 4.34. The number of carbonyl (C=O) groups excluding carboxylic acids is 2. The van der Waals surface area contributed by atoms with E-state index in [0.717, 1.165) is 5.56 Å². The van der Waals surface area contributed by atoms with Crippen molar-refractivity contribution < 1.29 is 19.5 Å². The van der Waals surface area contributed by atoms with Crippen LogP contribution in [-0.4, -0.2) is 29.3 Å². The van der Waals surface area contributed by atoms with Gasteiger partial charge in [0.1, 0.15) is 0 Å². The van der Waals surface area contributed by atoms with E-state index in [4.69, 9.17) is 5.11 Å². The lowest BCUT2D eigenvalue weighted by molar-refractivity contribution is -0.137. The van der Waals surface area contributed by atoms with Crippen LogP contribution in [-0.2, 0) is 9.59 Å². The van der Waals surface area contributed by atoms with Crippen LogP contribution < -0.4 is 5.32 Å². The Balaban J connectivity index is 2.34. The number of carboxylic acid groups (broad SMARTS) is 1. The zero-order chi connectivity index (χ0) is 14.3. The van der Waals surface area contributed by atoms with Crippen molar-refractivity contribution in [2.75, 3.05) is 6.54 Å². The summed E-state index contributed by atoms with van der Waals surface area (Å²) in [5, 5.41) is 11.0. The van der Waals surface area contributed by atoms with Gasteiger partial charge in [-0.1, -0.05) is 17.7 Å². The summed E-state index contributed by atoms with van der Waals surface area (Å²) in [7, 11) is 0. The smallest absolute Gasteiger partial charge is 0.303 e. The van der Waals surface area contributed by atoms with Gasteiger partial charge in [0.15, 0.2) is 5.78 Å². The van der Waals surface area contributed by atoms with E-state index >= 15 is 0 Å². The summed E-state index contributed by atoms with van der Waals surface area (Å²) in [6.45, 7) is 1.82. The number of benzene rings is 1. The first kappa shape index (κ1) is 14.9. The average Bonchev–Trinajstić information content (AvgIpc) is 2.35. The summed E-state index contributed by atoms with van der Waals surface area (Å²) in [6.07, 6.45) is 0.437. The number of hydrogen-bond donors (Lipinski definition) is 2. The predicted octanol–water partition coefficient (Wildman–Crippen LogP) is 1.55. The molecule has 1 aromatic carbocycles. The van der Waals surface area contributed by atoms with Gasteiger partial charge in [-0.3, -0.25) is 14.4 Å². The van der Waals surface area contributed by atoms with Gasteiger partial charge in [0.25, 0.3) is 5.91 Å². The van der Waals surface area contributed by atoms with Crippen LogP contribution in [0.4, 0.5) is 0 Å². The highest BCUT2D eigenvalue weighted by molar-refractivity contribution is 5.96. The quantitative estimate of drug-likeness (QED) is 0.781. The van der Waals surface area contributed by atoms with Gasteiger partial charge in [-0.05, 0) is 25.5 Å². The van der Waals surface area contributed by atoms with Crippen LogP contribution in [0.15, 0.2) is 24.3 Å². The molecule has 0 saturated carbocycles. The highest BCUT2D eigenvalue weighted by Gasteiger charge is 2.08. The Hall–Kier alpha value is -2.17. The topological polar surface area (TPSA) is 83.5 Å². The predicted molar refractivity (Wildman–Crippen MR) is 70.0 cm³/mol. The van der Waals surface area contributed by atoms with Crippen LogP contribution in [0.25, 0.3) is 0 Å². The Morgan fingerprint density at radius 3 is 2.58 bits per heavy atom. The molecule has 1 rings (SSSR count). The first-order valence-corrected chi connectivity index (χ1v) is 6.07. The van der Waals surface area contributed by atoms with E-state index in [0.29, 0.717) is 12.0 Å². The highest BCUT2D eigenvalue weighted by atomic mass is 16.4. The van der Waals surface area contributed by atoms with Gasteiger partial charge in [0, 0.05) is 18.4 Å². The van der Waals surface area contributed by atoms with Gasteiger partial charge in [-0.2, -0.15) is 0 Å². The maximum atomic E-state index is 11.7. The Labute approximate surface area is 111 Å². The molecule has 0 spiro atoms. The zero-order valence-electron chi connectivity index (χ0n) is 10.8. The molecular formula is C14H17NO4. The van der Waals surface area contributed by atoms with E-state index < -0.39 is 5.97 Å². The highest BCUT2D eigenvalue weighted by Crippen LogP contribution is 2.03. The van der Waals surface area contributed by atoms with Crippen molar-refractivity contribution in [2.45, 2.75) is 26.2 Å². The number of aryl methyl sites for hydroxylation is 1. The average molecular weight is 263 g/mol. The molecule has 0 aliphatic heterocycles. The van der Waals surface area contributed by atoms with Crippen molar-refractivity contribution in [3.05, 3.63) is 35.4 Å². The summed E-state index contributed by atoms with van der Waals surface area (Å²) < 4.78 is 0. The van der Waals surface area contributed by atoms with Gasteiger partial charge >= 0.3 is 5.97 Å². The molecule has 0 aromatic heterocycles. The number of amides is 1. The number of aliphatic carboxylic acids is 1. The largest absolute Gasteiger partial charge is 0.481 e. The first-order valence-electron chi connectivity index (χ1n) is 6.07. The van der Waals surface area contributed by atoms with Gasteiger partial charge in [-0.25, -0.2) is 0 Å². The van der Waals surface area contributed by atoms with Gasteiger partial charge in [0.05, 0.1) is 6.54 Å². The van der Waals surface area contributed by atoms with Crippen molar-refractivity contribution in [2.24, 2.45) is 0 Å². The Kier molecular flexibility index (Phi) is 5.73. The van der Waals surface area contributed by atoms with Crippen molar-refractivity contribution in [3.8, 4) is 0 Å². The normalized spacial score (nSPS) is 9.95. The summed E-state index contributed by atoms with van der Waals surface area (Å²) in [5.74, 6) is -1.38. The van der Waals surface area contributed by atoms with E-state index in [-0.39, 0.29) is 31.1 Å². The molecule has 0 bridgehead atoms. The van der Waals surface area contributed by atoms with Crippen LogP contribution in [0.1, 0.15) is 35.2 Å². The van der Waals surface area contributed by atoms with Crippen molar-refractivity contribution in [3.63, 3.8) is 0 Å². The molecule has 2 N–H and O–H groups in total. The third-order valence-corrected chi connectivity index (χ3v) is 2.57. The Bertz CT molecular complexity index is 482. The van der Waals surface area contributed by atoms with Crippen LogP contribution in [0.5, 0.6) is 0 Å². The second kappa shape index (κ2) is 7.31. The maximum absolute atomic E-state index is 11.7. The van der Waals surface area contributed by atoms with Crippen molar-refractivity contribution in [1.82, 2.24) is 5.32 Å². The molecule has 0 atom stereocenters. The standard InChI is InChI=1S/C14H17NO4/c1-10-4-2-5-11(8-10)14(19)15-9-12(16)6-3-7-13(17)18/h2,4-5,8H,3,6-7,9H2,1H3,(H,15,19)(H,17,18). The molecule has 0 radical (unpaired) electrons. The first-order chi connectivity index (χ1) is 8.99. The van der Waals surface area contributed by atoms with Crippen LogP contribution in [0.2, 0.25) is 0 Å². The lowest BCUT2D eigenvalue weighted by atomic mass is 10.1. The molecule has 0 unspecified atom stereocenters. The zero-order valence-corrected chi connectivity index (χ0v) is 10.8. The fraction of sp³-hybridized carbons (Fsp3) is 0.357. The van der Waals surface area contributed by atoms with Crippen molar-refractivity contribution in [1.29, 1.82) is 0 Å². The monoisotopic (exact) mass is 263 g/mol. The number of carbonyl (C=O) groups is 3. The Morgan fingerprint density at radius 1 is 1.21 bits per heavy atom. The summed E-state index contributed by atoms with van der Waals surface area (Å²) in [6, 6.07) is 7.08. The van der Waals surface area contributed by atoms with Crippen LogP contribution in [0.3, 0.4) is 0 Å². The number of Topliss-reactive ketones (excluding diaryl/α,β-unsaturated/α-hetero) is 1. The molecule has 0 heterocycles. The summed E-state index contributed by atoms with van der Waals surface area (Å²) in [4.78, 5) is 33.4. The molecular weight excluding hydrogens is 246 g/mol. The second-order valence-corrected chi connectivity index (χ2v) is 4.34. The minimum absolute atomic E-state index is 0.0302. The minimum atomic E-state index is -0.920. The van der Waals surface area contributed by atoms with Gasteiger partial charge in [0.2, 0.25) is 0 Å². The number of ketones is 1. The SMILES string of the molecule is Cc1cccc(C(=O)NCC(=O)CCCC(=O)O)c1. The number of nitrogens with one attached hydrogen (secondary N) is 1. The minimum Gasteiger partial charge on any atom is -0.481 e. The fourth-order valence-electron chi connectivity index (χ4n) is 1.59. The summed E-state index contributed by atoms with van der Waals surface area (Å²) >= 11 is 0. The number of rotatable bonds is 7. The molecule has 1 amide bonds. The third-order valence-electron chi connectivity index (χ3n) is 2.57. The van der Waals surface area contributed by atoms with Crippen LogP contribution >= 0.6 is 0 Å². The van der Waals surface area contributed by atoms with E-state index in [1.54, 1.807) is 18.2 Å². The van der Waals surface area contributed by atoms with Crippen LogP contribution in [0, 0.1) is 6.92 Å². The molecule has 5 nitrogen and oxygen atoms in total. The van der Waals surface area contributed by atoms with E-state index in [2.05, 4.69) is 5.32 Å². The number of hydrogen-bond acceptors (Lipinski definition) is 3. The van der Waals surface area contributed by atoms with E-state index in [9.17, 15) is 14.4 Å². The van der Waals surface area contributed by atoms with E-state index in [1.165, 1.54) is 0 Å². The van der Waals surface area contributed by atoms with Gasteiger partial charge in [-0.15, -0.1) is 0 Å². The molecule has 1 aromatic rings. The molecule has 5 heteroatoms. The summed E-state index contributed by atoms with van der Waals surface area (Å²) in [5.41, 5.74) is 1.48. The molecule has 102 valence electrons. The third kappa shape index (κ3) is 5.81. The molecule has 0 aliphatic carbocycles. The Morgan fingerprint density at radius 2 is 1.95 bits per heavy atom. The van der Waals surface area contributed by atoms with Gasteiger partial charge < -0.3 is 10.4 Å². The fourth-order valence-corrected chi connectivity index (χ4v) is 1.59. The van der Waals surface area contributed by atoms with Crippen molar-refractivity contribution >= 4 is 17.7 Å². The molecule has 0 fully saturated rings. The lowest BCUT2D eigenvalue weighted by Crippen LogP contribution is -2.29. The van der Waals surface area contributed by atoms with E-state index in [1.807, 2.05) is 13.0 Å². The molecule has 0 saturated heterocycles.